The average Bonchev–Trinajstić information content (AvgIpc) is 3.04. The Morgan fingerprint density at radius 2 is 2.30 bits per heavy atom. The van der Waals surface area contributed by atoms with Crippen molar-refractivity contribution < 1.29 is 4.79 Å². The fourth-order valence-electron chi connectivity index (χ4n) is 1.97. The zero-order valence-electron chi connectivity index (χ0n) is 11.0. The quantitative estimate of drug-likeness (QED) is 0.798. The van der Waals surface area contributed by atoms with Gasteiger partial charge < -0.3 is 9.72 Å². The first kappa shape index (κ1) is 12.8. The molecule has 3 aromatic rings. The second kappa shape index (κ2) is 5.42. The van der Waals surface area contributed by atoms with E-state index in [0.717, 1.165) is 16.3 Å². The Balaban J connectivity index is 1.58. The molecule has 0 spiro atoms. The summed E-state index contributed by atoms with van der Waals surface area (Å²) >= 11 is 1.48. The SMILES string of the molecule is Cc1nc(C(=O)NCCc2cn3ccccc3n2)cs1. The second-order valence-electron chi connectivity index (χ2n) is 4.46. The van der Waals surface area contributed by atoms with Gasteiger partial charge in [0.05, 0.1) is 10.7 Å². The first-order valence-corrected chi connectivity index (χ1v) is 7.23. The summed E-state index contributed by atoms with van der Waals surface area (Å²) in [7, 11) is 0. The van der Waals surface area contributed by atoms with Gasteiger partial charge in [-0.3, -0.25) is 4.79 Å². The van der Waals surface area contributed by atoms with E-state index in [1.807, 2.05) is 41.9 Å². The van der Waals surface area contributed by atoms with E-state index < -0.39 is 0 Å². The van der Waals surface area contributed by atoms with Crippen LogP contribution in [0, 0.1) is 6.92 Å². The predicted molar refractivity (Wildman–Crippen MR) is 78.1 cm³/mol. The summed E-state index contributed by atoms with van der Waals surface area (Å²) in [5, 5.41) is 5.53. The van der Waals surface area contributed by atoms with Gasteiger partial charge in [0, 0.05) is 30.7 Å². The van der Waals surface area contributed by atoms with Crippen LogP contribution in [0.2, 0.25) is 0 Å². The molecule has 0 radical (unpaired) electrons. The lowest BCUT2D eigenvalue weighted by atomic mass is 10.3. The third kappa shape index (κ3) is 2.70. The number of carbonyl (C=O) groups excluding carboxylic acids is 1. The number of fused-ring (bicyclic) bond motifs is 1. The highest BCUT2D eigenvalue weighted by Crippen LogP contribution is 2.08. The van der Waals surface area contributed by atoms with Gasteiger partial charge in [0.2, 0.25) is 0 Å². The summed E-state index contributed by atoms with van der Waals surface area (Å²) in [6.07, 6.45) is 4.65. The molecule has 0 aliphatic rings. The van der Waals surface area contributed by atoms with Gasteiger partial charge in [-0.25, -0.2) is 9.97 Å². The number of nitrogens with zero attached hydrogens (tertiary/aromatic N) is 3. The predicted octanol–water partition coefficient (Wildman–Crippen LogP) is 2.07. The van der Waals surface area contributed by atoms with Crippen LogP contribution in [0.5, 0.6) is 0 Å². The van der Waals surface area contributed by atoms with Gasteiger partial charge in [-0.15, -0.1) is 11.3 Å². The van der Waals surface area contributed by atoms with Gasteiger partial charge in [0.1, 0.15) is 11.3 Å². The number of amides is 1. The van der Waals surface area contributed by atoms with Crippen molar-refractivity contribution in [1.82, 2.24) is 19.7 Å². The van der Waals surface area contributed by atoms with Crippen molar-refractivity contribution in [2.45, 2.75) is 13.3 Å². The van der Waals surface area contributed by atoms with Crippen molar-refractivity contribution in [1.29, 1.82) is 0 Å². The molecule has 0 bridgehead atoms. The maximum atomic E-state index is 11.8. The first-order valence-electron chi connectivity index (χ1n) is 6.35. The summed E-state index contributed by atoms with van der Waals surface area (Å²) in [4.78, 5) is 20.5. The van der Waals surface area contributed by atoms with Crippen LogP contribution in [0.4, 0.5) is 0 Å². The molecule has 5 nitrogen and oxygen atoms in total. The van der Waals surface area contributed by atoms with E-state index in [2.05, 4.69) is 15.3 Å². The summed E-state index contributed by atoms with van der Waals surface area (Å²) in [5.74, 6) is -0.127. The van der Waals surface area contributed by atoms with Crippen LogP contribution >= 0.6 is 11.3 Å². The first-order chi connectivity index (χ1) is 9.72. The van der Waals surface area contributed by atoms with Gasteiger partial charge in [0.25, 0.3) is 5.91 Å². The van der Waals surface area contributed by atoms with E-state index >= 15 is 0 Å². The van der Waals surface area contributed by atoms with Gasteiger partial charge in [-0.05, 0) is 19.1 Å². The molecule has 3 heterocycles. The number of imidazole rings is 1. The Kier molecular flexibility index (Phi) is 3.47. The lowest BCUT2D eigenvalue weighted by molar-refractivity contribution is 0.0949. The van der Waals surface area contributed by atoms with Crippen LogP contribution in [-0.4, -0.2) is 26.8 Å². The number of aryl methyl sites for hydroxylation is 1. The molecule has 0 unspecified atom stereocenters. The maximum absolute atomic E-state index is 11.8. The number of thiazole rings is 1. The second-order valence-corrected chi connectivity index (χ2v) is 5.52. The topological polar surface area (TPSA) is 59.3 Å². The monoisotopic (exact) mass is 286 g/mol. The van der Waals surface area contributed by atoms with Crippen molar-refractivity contribution >= 4 is 22.9 Å². The number of carbonyl (C=O) groups is 1. The van der Waals surface area contributed by atoms with Crippen LogP contribution in [0.1, 0.15) is 21.2 Å². The Bertz CT molecular complexity index is 713. The van der Waals surface area contributed by atoms with E-state index in [1.54, 1.807) is 5.38 Å². The fourth-order valence-corrected chi connectivity index (χ4v) is 2.56. The fraction of sp³-hybridized carbons (Fsp3) is 0.214. The molecular weight excluding hydrogens is 272 g/mol. The summed E-state index contributed by atoms with van der Waals surface area (Å²) in [5.41, 5.74) is 2.37. The van der Waals surface area contributed by atoms with Gasteiger partial charge in [0.15, 0.2) is 0 Å². The third-order valence-corrected chi connectivity index (χ3v) is 3.71. The van der Waals surface area contributed by atoms with Gasteiger partial charge in [-0.1, -0.05) is 6.07 Å². The van der Waals surface area contributed by atoms with Crippen molar-refractivity contribution in [2.75, 3.05) is 6.54 Å². The highest BCUT2D eigenvalue weighted by Gasteiger charge is 2.08. The highest BCUT2D eigenvalue weighted by molar-refractivity contribution is 7.09. The summed E-state index contributed by atoms with van der Waals surface area (Å²) in [6, 6.07) is 5.88. The van der Waals surface area contributed by atoms with E-state index in [9.17, 15) is 4.79 Å². The number of aromatic nitrogens is 3. The number of nitrogens with one attached hydrogen (secondary N) is 1. The molecular formula is C14H14N4OS. The van der Waals surface area contributed by atoms with Crippen LogP contribution < -0.4 is 5.32 Å². The van der Waals surface area contributed by atoms with Gasteiger partial charge >= 0.3 is 0 Å². The zero-order valence-corrected chi connectivity index (χ0v) is 11.9. The van der Waals surface area contributed by atoms with Crippen LogP contribution in [0.3, 0.4) is 0 Å². The third-order valence-electron chi connectivity index (χ3n) is 2.93. The molecule has 0 saturated carbocycles. The Labute approximate surface area is 120 Å². The van der Waals surface area contributed by atoms with E-state index in [4.69, 9.17) is 0 Å². The minimum Gasteiger partial charge on any atom is -0.350 e. The van der Waals surface area contributed by atoms with E-state index in [0.29, 0.717) is 18.7 Å². The molecule has 0 aliphatic heterocycles. The molecule has 1 N–H and O–H groups in total. The summed E-state index contributed by atoms with van der Waals surface area (Å²) in [6.45, 7) is 2.44. The molecule has 20 heavy (non-hydrogen) atoms. The van der Waals surface area contributed by atoms with Crippen molar-refractivity contribution in [3.8, 4) is 0 Å². The molecule has 0 aliphatic carbocycles. The number of rotatable bonds is 4. The molecule has 0 atom stereocenters. The van der Waals surface area contributed by atoms with Crippen molar-refractivity contribution in [3.05, 3.63) is 52.4 Å². The average molecular weight is 286 g/mol. The number of hydrogen-bond donors (Lipinski definition) is 1. The molecule has 6 heteroatoms. The molecule has 3 aromatic heterocycles. The Morgan fingerprint density at radius 3 is 3.05 bits per heavy atom. The standard InChI is InChI=1S/C14H14N4OS/c1-10-16-12(9-20-10)14(19)15-6-5-11-8-18-7-3-2-4-13(18)17-11/h2-4,7-9H,5-6H2,1H3,(H,15,19). The molecule has 0 saturated heterocycles. The van der Waals surface area contributed by atoms with Crippen molar-refractivity contribution in [2.24, 2.45) is 0 Å². The Morgan fingerprint density at radius 1 is 1.40 bits per heavy atom. The van der Waals surface area contributed by atoms with Crippen molar-refractivity contribution in [3.63, 3.8) is 0 Å². The zero-order chi connectivity index (χ0) is 13.9. The maximum Gasteiger partial charge on any atom is 0.270 e. The molecule has 0 aromatic carbocycles. The minimum atomic E-state index is -0.127. The Hall–Kier alpha value is -2.21. The summed E-state index contributed by atoms with van der Waals surface area (Å²) < 4.78 is 1.97. The smallest absolute Gasteiger partial charge is 0.270 e. The molecule has 3 rings (SSSR count). The lowest BCUT2D eigenvalue weighted by Crippen LogP contribution is -2.26. The molecule has 102 valence electrons. The normalized spacial score (nSPS) is 10.8. The van der Waals surface area contributed by atoms with Crippen LogP contribution in [0.25, 0.3) is 5.65 Å². The van der Waals surface area contributed by atoms with E-state index in [1.165, 1.54) is 11.3 Å². The van der Waals surface area contributed by atoms with Gasteiger partial charge in [-0.2, -0.15) is 0 Å². The molecule has 1 amide bonds. The van der Waals surface area contributed by atoms with Crippen LogP contribution in [0.15, 0.2) is 36.0 Å². The molecule has 0 fully saturated rings. The minimum absolute atomic E-state index is 0.127. The van der Waals surface area contributed by atoms with E-state index in [-0.39, 0.29) is 5.91 Å². The largest absolute Gasteiger partial charge is 0.350 e. The lowest BCUT2D eigenvalue weighted by Gasteiger charge is -2.00. The van der Waals surface area contributed by atoms with Crippen LogP contribution in [-0.2, 0) is 6.42 Å². The number of hydrogen-bond acceptors (Lipinski definition) is 4. The number of pyridine rings is 1. The highest BCUT2D eigenvalue weighted by atomic mass is 32.1.